The van der Waals surface area contributed by atoms with E-state index >= 15 is 0 Å². The molecule has 0 bridgehead atoms. The van der Waals surface area contributed by atoms with Crippen LogP contribution in [0.2, 0.25) is 0 Å². The highest BCUT2D eigenvalue weighted by Gasteiger charge is 2.22. The van der Waals surface area contributed by atoms with Crippen molar-refractivity contribution in [2.24, 2.45) is 0 Å². The summed E-state index contributed by atoms with van der Waals surface area (Å²) in [6.07, 6.45) is 0.729. The number of hydrogen-bond acceptors (Lipinski definition) is 4. The van der Waals surface area contributed by atoms with Gasteiger partial charge in [0.2, 0.25) is 0 Å². The highest BCUT2D eigenvalue weighted by atomic mass is 16.4. The van der Waals surface area contributed by atoms with Crippen molar-refractivity contribution in [3.05, 3.63) is 11.6 Å². The van der Waals surface area contributed by atoms with Gasteiger partial charge in [0.1, 0.15) is 0 Å². The van der Waals surface area contributed by atoms with Gasteiger partial charge in [-0.25, -0.2) is 9.59 Å². The van der Waals surface area contributed by atoms with Crippen molar-refractivity contribution < 1.29 is 25.3 Å². The minimum Gasteiger partial charge on any atom is -0.478 e. The number of nitrogens with one attached hydrogen (secondary N) is 2. The Morgan fingerprint density at radius 1 is 1.27 bits per heavy atom. The molecule has 0 radical (unpaired) electrons. The Morgan fingerprint density at radius 3 is 2.33 bits per heavy atom. The summed E-state index contributed by atoms with van der Waals surface area (Å²) in [5.74, 6) is -2.44. The Kier molecular flexibility index (Phi) is 5.53. The van der Waals surface area contributed by atoms with Crippen LogP contribution in [-0.4, -0.2) is 53.3 Å². The van der Waals surface area contributed by atoms with Crippen molar-refractivity contribution in [2.75, 3.05) is 19.6 Å². The number of piperazine rings is 1. The monoisotopic (exact) mass is 218 g/mol. The molecule has 1 rings (SSSR count). The molecule has 7 nitrogen and oxygen atoms in total. The van der Waals surface area contributed by atoms with E-state index in [0.717, 1.165) is 12.6 Å². The van der Waals surface area contributed by atoms with Crippen LogP contribution in [0, 0.1) is 0 Å². The molecular weight excluding hydrogens is 204 g/mol. The van der Waals surface area contributed by atoms with Crippen LogP contribution in [0.4, 0.5) is 0 Å². The molecule has 0 aromatic rings. The molecule has 1 atom stereocenters. The first-order chi connectivity index (χ1) is 6.61. The molecule has 1 fully saturated rings. The maximum atomic E-state index is 10.7. The highest BCUT2D eigenvalue weighted by molar-refractivity contribution is 5.95. The molecule has 0 amide bonds. The second-order valence-electron chi connectivity index (χ2n) is 2.95. The van der Waals surface area contributed by atoms with Crippen molar-refractivity contribution in [3.8, 4) is 0 Å². The van der Waals surface area contributed by atoms with E-state index in [9.17, 15) is 9.59 Å². The molecule has 86 valence electrons. The topological polar surface area (TPSA) is 130 Å². The summed E-state index contributed by atoms with van der Waals surface area (Å²) in [5, 5.41) is 23.2. The van der Waals surface area contributed by atoms with Crippen LogP contribution in [0.1, 0.15) is 0 Å². The molecule has 0 saturated carbocycles. The van der Waals surface area contributed by atoms with E-state index in [1.54, 1.807) is 0 Å². The molecular formula is C8H14N2O5. The van der Waals surface area contributed by atoms with Gasteiger partial charge in [-0.2, -0.15) is 0 Å². The maximum absolute atomic E-state index is 10.7. The molecule has 1 heterocycles. The molecule has 6 N–H and O–H groups in total. The molecule has 1 unspecified atom stereocenters. The van der Waals surface area contributed by atoms with Gasteiger partial charge in [-0.05, 0) is 0 Å². The highest BCUT2D eigenvalue weighted by Crippen LogP contribution is 2.04. The Morgan fingerprint density at radius 2 is 1.93 bits per heavy atom. The summed E-state index contributed by atoms with van der Waals surface area (Å²) in [4.78, 5) is 21.1. The van der Waals surface area contributed by atoms with E-state index in [-0.39, 0.29) is 11.0 Å². The van der Waals surface area contributed by atoms with Gasteiger partial charge < -0.3 is 26.3 Å². The van der Waals surface area contributed by atoms with Crippen LogP contribution in [0.5, 0.6) is 0 Å². The third kappa shape index (κ3) is 4.07. The molecule has 1 saturated heterocycles. The van der Waals surface area contributed by atoms with Gasteiger partial charge in [-0.3, -0.25) is 0 Å². The van der Waals surface area contributed by atoms with Crippen LogP contribution in [-0.2, 0) is 9.59 Å². The van der Waals surface area contributed by atoms with Gasteiger partial charge in [0.05, 0.1) is 11.6 Å². The van der Waals surface area contributed by atoms with E-state index in [0.29, 0.717) is 13.1 Å². The summed E-state index contributed by atoms with van der Waals surface area (Å²) in [6, 6.07) is -0.433. The lowest BCUT2D eigenvalue weighted by molar-refractivity contribution is -0.135. The van der Waals surface area contributed by atoms with E-state index in [4.69, 9.17) is 10.2 Å². The zero-order valence-electron chi connectivity index (χ0n) is 7.99. The zero-order chi connectivity index (χ0) is 10.6. The number of carboxylic acid groups (broad SMARTS) is 2. The predicted molar refractivity (Wildman–Crippen MR) is 51.6 cm³/mol. The first-order valence-electron chi connectivity index (χ1n) is 4.23. The number of carboxylic acids is 2. The summed E-state index contributed by atoms with van der Waals surface area (Å²) < 4.78 is 0. The minimum absolute atomic E-state index is 0. The SMILES string of the molecule is O.O=C(O)/C=C(\C(=O)O)C1CNCCN1. The number of hydrogen-bond donors (Lipinski definition) is 4. The van der Waals surface area contributed by atoms with Gasteiger partial charge >= 0.3 is 11.9 Å². The van der Waals surface area contributed by atoms with Gasteiger partial charge in [0.25, 0.3) is 0 Å². The summed E-state index contributed by atoms with van der Waals surface area (Å²) >= 11 is 0. The van der Waals surface area contributed by atoms with Gasteiger partial charge in [-0.1, -0.05) is 0 Å². The van der Waals surface area contributed by atoms with Crippen molar-refractivity contribution in [1.29, 1.82) is 0 Å². The lowest BCUT2D eigenvalue weighted by atomic mass is 10.1. The molecule has 15 heavy (non-hydrogen) atoms. The first kappa shape index (κ1) is 13.6. The molecule has 0 aromatic heterocycles. The Balaban J connectivity index is 0.00000196. The van der Waals surface area contributed by atoms with Crippen LogP contribution >= 0.6 is 0 Å². The Hall–Kier alpha value is -1.44. The zero-order valence-corrected chi connectivity index (χ0v) is 7.99. The van der Waals surface area contributed by atoms with Gasteiger partial charge in [-0.15, -0.1) is 0 Å². The second-order valence-corrected chi connectivity index (χ2v) is 2.95. The van der Waals surface area contributed by atoms with Crippen LogP contribution in [0.25, 0.3) is 0 Å². The second kappa shape index (κ2) is 6.12. The van der Waals surface area contributed by atoms with Crippen molar-refractivity contribution in [2.45, 2.75) is 6.04 Å². The third-order valence-corrected chi connectivity index (χ3v) is 1.94. The lowest BCUT2D eigenvalue weighted by Gasteiger charge is -2.24. The minimum atomic E-state index is -1.24. The molecule has 1 aliphatic heterocycles. The van der Waals surface area contributed by atoms with Gasteiger partial charge in [0.15, 0.2) is 0 Å². The molecule has 0 aromatic carbocycles. The molecule has 1 aliphatic rings. The normalized spacial score (nSPS) is 21.6. The fraction of sp³-hybridized carbons (Fsp3) is 0.500. The van der Waals surface area contributed by atoms with E-state index in [1.165, 1.54) is 0 Å². The summed E-state index contributed by atoms with van der Waals surface area (Å²) in [7, 11) is 0. The quantitative estimate of drug-likeness (QED) is 0.398. The maximum Gasteiger partial charge on any atom is 0.333 e. The predicted octanol–water partition coefficient (Wildman–Crippen LogP) is -2.18. The van der Waals surface area contributed by atoms with Crippen LogP contribution in [0.15, 0.2) is 11.6 Å². The van der Waals surface area contributed by atoms with E-state index in [1.807, 2.05) is 0 Å². The van der Waals surface area contributed by atoms with E-state index in [2.05, 4.69) is 10.6 Å². The molecule has 0 aliphatic carbocycles. The van der Waals surface area contributed by atoms with Crippen LogP contribution < -0.4 is 10.6 Å². The number of carbonyl (C=O) groups is 2. The van der Waals surface area contributed by atoms with Gasteiger partial charge in [0, 0.05) is 25.7 Å². The lowest BCUT2D eigenvalue weighted by Crippen LogP contribution is -2.50. The third-order valence-electron chi connectivity index (χ3n) is 1.94. The Bertz CT molecular complexity index is 270. The average molecular weight is 218 g/mol. The molecule has 0 spiro atoms. The fourth-order valence-electron chi connectivity index (χ4n) is 1.32. The van der Waals surface area contributed by atoms with Crippen molar-refractivity contribution in [3.63, 3.8) is 0 Å². The van der Waals surface area contributed by atoms with Crippen molar-refractivity contribution in [1.82, 2.24) is 10.6 Å². The fourth-order valence-corrected chi connectivity index (χ4v) is 1.32. The smallest absolute Gasteiger partial charge is 0.333 e. The van der Waals surface area contributed by atoms with Crippen molar-refractivity contribution >= 4 is 11.9 Å². The summed E-state index contributed by atoms with van der Waals surface area (Å²) in [5.41, 5.74) is -0.121. The number of rotatable bonds is 3. The van der Waals surface area contributed by atoms with Crippen LogP contribution in [0.3, 0.4) is 0 Å². The molecule has 7 heteroatoms. The first-order valence-corrected chi connectivity index (χ1v) is 4.23. The Labute approximate surface area is 86.1 Å². The largest absolute Gasteiger partial charge is 0.478 e. The summed E-state index contributed by atoms with van der Waals surface area (Å²) in [6.45, 7) is 1.83. The standard InChI is InChI=1S/C8H12N2O4.H2O/c11-7(12)3-5(8(13)14)6-4-9-1-2-10-6;/h3,6,9-10H,1-2,4H2,(H,11,12)(H,13,14);1H2/b5-3-;. The average Bonchev–Trinajstić information content (AvgIpc) is 2.15. The number of aliphatic carboxylic acids is 2. The van der Waals surface area contributed by atoms with E-state index < -0.39 is 18.0 Å².